The van der Waals surface area contributed by atoms with Crippen LogP contribution in [0.2, 0.25) is 0 Å². The van der Waals surface area contributed by atoms with Crippen molar-refractivity contribution in [1.29, 1.82) is 0 Å². The SMILES string of the molecule is CCCCC1(CCCC)[C@H](O)[C@H](c2ccc(OCCCC[N+](CC)(CC)CC)cc2)c2c(ccc(N(C)C)c2O)S[C@@H]1O. The number of fused-ring (bicyclic) bond motifs is 1. The lowest BCUT2D eigenvalue weighted by molar-refractivity contribution is -0.923. The molecule has 1 heterocycles. The van der Waals surface area contributed by atoms with Crippen LogP contribution >= 0.6 is 11.8 Å². The molecule has 3 N–H and O–H groups in total. The van der Waals surface area contributed by atoms with E-state index in [1.807, 2.05) is 55.4 Å². The predicted molar refractivity (Wildman–Crippen MR) is 182 cm³/mol. The number of unbranched alkanes of at least 4 members (excludes halogenated alkanes) is 3. The second kappa shape index (κ2) is 16.4. The molecule has 0 aromatic heterocycles. The summed E-state index contributed by atoms with van der Waals surface area (Å²) in [5.41, 5.74) is 0.870. The van der Waals surface area contributed by atoms with Crippen molar-refractivity contribution in [3.05, 3.63) is 47.5 Å². The van der Waals surface area contributed by atoms with Gasteiger partial charge in [-0.3, -0.25) is 0 Å². The van der Waals surface area contributed by atoms with Crippen LogP contribution in [0.1, 0.15) is 103 Å². The fourth-order valence-corrected chi connectivity index (χ4v) is 8.25. The van der Waals surface area contributed by atoms with Crippen molar-refractivity contribution in [3.8, 4) is 11.5 Å². The molecule has 0 fully saturated rings. The van der Waals surface area contributed by atoms with Gasteiger partial charge in [-0.15, -0.1) is 0 Å². The molecule has 0 bridgehead atoms. The maximum absolute atomic E-state index is 12.4. The van der Waals surface area contributed by atoms with Crippen molar-refractivity contribution in [2.75, 3.05) is 51.8 Å². The monoisotopic (exact) mass is 615 g/mol. The molecule has 1 aliphatic rings. The number of aliphatic hydroxyl groups is 2. The van der Waals surface area contributed by atoms with Gasteiger partial charge in [0.05, 0.1) is 44.6 Å². The molecule has 6 nitrogen and oxygen atoms in total. The quantitative estimate of drug-likeness (QED) is 0.125. The molecular formula is C36H59N2O4S+. The number of phenols is 1. The first kappa shape index (κ1) is 35.5. The van der Waals surface area contributed by atoms with Crippen LogP contribution in [0.4, 0.5) is 5.69 Å². The highest BCUT2D eigenvalue weighted by Gasteiger charge is 2.51. The normalized spacial score (nSPS) is 20.0. The van der Waals surface area contributed by atoms with Gasteiger partial charge in [-0.25, -0.2) is 0 Å². The minimum atomic E-state index is -0.862. The van der Waals surface area contributed by atoms with Crippen molar-refractivity contribution in [2.45, 2.75) is 108 Å². The van der Waals surface area contributed by atoms with Crippen LogP contribution < -0.4 is 9.64 Å². The molecule has 1 aliphatic heterocycles. The van der Waals surface area contributed by atoms with E-state index in [-0.39, 0.29) is 5.75 Å². The van der Waals surface area contributed by atoms with Gasteiger partial charge in [-0.05, 0) is 76.3 Å². The molecule has 0 radical (unpaired) electrons. The molecule has 0 unspecified atom stereocenters. The minimum Gasteiger partial charge on any atom is -0.505 e. The number of thioether (sulfide) groups is 1. The first-order chi connectivity index (χ1) is 20.6. The van der Waals surface area contributed by atoms with E-state index in [9.17, 15) is 15.3 Å². The predicted octanol–water partition coefficient (Wildman–Crippen LogP) is 7.78. The molecule has 0 saturated carbocycles. The molecule has 0 aliphatic carbocycles. The van der Waals surface area contributed by atoms with E-state index in [1.54, 1.807) is 0 Å². The van der Waals surface area contributed by atoms with E-state index in [2.05, 4.69) is 34.6 Å². The maximum atomic E-state index is 12.4. The maximum Gasteiger partial charge on any atom is 0.143 e. The Kier molecular flexibility index (Phi) is 13.6. The van der Waals surface area contributed by atoms with E-state index in [0.29, 0.717) is 17.9 Å². The van der Waals surface area contributed by atoms with E-state index in [1.165, 1.54) is 37.9 Å². The number of rotatable bonds is 17. The van der Waals surface area contributed by atoms with Crippen molar-refractivity contribution < 1.29 is 24.5 Å². The number of aromatic hydroxyl groups is 1. The summed E-state index contributed by atoms with van der Waals surface area (Å²) in [7, 11) is 3.83. The average molecular weight is 616 g/mol. The number of ether oxygens (including phenoxy) is 1. The summed E-state index contributed by atoms with van der Waals surface area (Å²) in [6, 6.07) is 12.0. The van der Waals surface area contributed by atoms with Crippen molar-refractivity contribution >= 4 is 17.4 Å². The summed E-state index contributed by atoms with van der Waals surface area (Å²) in [6.07, 6.45) is 6.61. The summed E-state index contributed by atoms with van der Waals surface area (Å²) in [5.74, 6) is 0.512. The van der Waals surface area contributed by atoms with Gasteiger partial charge in [0.1, 0.15) is 16.9 Å². The molecule has 0 spiro atoms. The van der Waals surface area contributed by atoms with Crippen LogP contribution in [0.5, 0.6) is 11.5 Å². The third-order valence-corrected chi connectivity index (χ3v) is 11.4. The molecule has 2 aromatic carbocycles. The number of benzene rings is 2. The van der Waals surface area contributed by atoms with E-state index < -0.39 is 22.9 Å². The highest BCUT2D eigenvalue weighted by Crippen LogP contribution is 2.57. The van der Waals surface area contributed by atoms with Crippen LogP contribution in [-0.4, -0.2) is 78.2 Å². The number of anilines is 1. The van der Waals surface area contributed by atoms with Crippen LogP contribution in [0.25, 0.3) is 0 Å². The Bertz CT molecular complexity index is 1100. The second-order valence-corrected chi connectivity index (χ2v) is 13.8. The molecule has 0 amide bonds. The first-order valence-electron chi connectivity index (χ1n) is 16.8. The van der Waals surface area contributed by atoms with Gasteiger partial charge >= 0.3 is 0 Å². The third kappa shape index (κ3) is 8.02. The van der Waals surface area contributed by atoms with E-state index >= 15 is 0 Å². The Hall–Kier alpha value is -1.93. The molecule has 0 saturated heterocycles. The molecular weight excluding hydrogens is 556 g/mol. The lowest BCUT2D eigenvalue weighted by Gasteiger charge is -2.43. The molecule has 3 rings (SSSR count). The standard InChI is InChI=1S/C36H58N2O4S/c1-8-13-23-36(24-14-9-2)34(40)31(32-30(43-35(36)41)22-21-29(33(32)39)37(6)7)27-17-19-28(20-18-27)42-26-16-15-25-38(10-3,11-4)12-5/h17-22,31,34-35,40-41H,8-16,23-26H2,1-7H3/p+1/t31-,34-,35+/m1/s1. The molecule has 3 atom stereocenters. The van der Waals surface area contributed by atoms with Gasteiger partial charge in [0.2, 0.25) is 0 Å². The topological polar surface area (TPSA) is 73.2 Å². The Morgan fingerprint density at radius 2 is 1.44 bits per heavy atom. The molecule has 242 valence electrons. The number of phenolic OH excluding ortho intramolecular Hbond substituents is 1. The fourth-order valence-electron chi connectivity index (χ4n) is 6.90. The van der Waals surface area contributed by atoms with Crippen LogP contribution in [0.15, 0.2) is 41.3 Å². The van der Waals surface area contributed by atoms with Crippen molar-refractivity contribution in [1.82, 2.24) is 0 Å². The van der Waals surface area contributed by atoms with Gasteiger partial charge in [0.15, 0.2) is 0 Å². The number of hydrogen-bond donors (Lipinski definition) is 3. The third-order valence-electron chi connectivity index (χ3n) is 10.1. The Morgan fingerprint density at radius 3 is 1.98 bits per heavy atom. The zero-order valence-electron chi connectivity index (χ0n) is 27.9. The fraction of sp³-hybridized carbons (Fsp3) is 0.667. The smallest absolute Gasteiger partial charge is 0.143 e. The zero-order valence-corrected chi connectivity index (χ0v) is 28.8. The molecule has 43 heavy (non-hydrogen) atoms. The largest absolute Gasteiger partial charge is 0.505 e. The summed E-state index contributed by atoms with van der Waals surface area (Å²) in [4.78, 5) is 2.73. The minimum absolute atomic E-state index is 0.175. The van der Waals surface area contributed by atoms with Crippen molar-refractivity contribution in [3.63, 3.8) is 0 Å². The summed E-state index contributed by atoms with van der Waals surface area (Å²) >= 11 is 1.39. The number of nitrogens with zero attached hydrogens (tertiary/aromatic N) is 2. The van der Waals surface area contributed by atoms with Gasteiger partial charge in [0, 0.05) is 35.9 Å². The van der Waals surface area contributed by atoms with Gasteiger partial charge in [-0.2, -0.15) is 0 Å². The van der Waals surface area contributed by atoms with Gasteiger partial charge in [0.25, 0.3) is 0 Å². The summed E-state index contributed by atoms with van der Waals surface area (Å²) in [6.45, 7) is 16.5. The Balaban J connectivity index is 1.94. The van der Waals surface area contributed by atoms with E-state index in [4.69, 9.17) is 4.74 Å². The molecule has 7 heteroatoms. The number of aliphatic hydroxyl groups excluding tert-OH is 2. The van der Waals surface area contributed by atoms with Crippen LogP contribution in [0, 0.1) is 5.41 Å². The lowest BCUT2D eigenvalue weighted by atomic mass is 9.67. The first-order valence-corrected chi connectivity index (χ1v) is 17.6. The van der Waals surface area contributed by atoms with Gasteiger partial charge in [-0.1, -0.05) is 63.4 Å². The highest BCUT2D eigenvalue weighted by molar-refractivity contribution is 7.99. The van der Waals surface area contributed by atoms with Crippen LogP contribution in [-0.2, 0) is 0 Å². The second-order valence-electron chi connectivity index (χ2n) is 12.7. The zero-order chi connectivity index (χ0) is 31.6. The Morgan fingerprint density at radius 1 is 0.837 bits per heavy atom. The van der Waals surface area contributed by atoms with Crippen LogP contribution in [0.3, 0.4) is 0 Å². The number of hydrogen-bond acceptors (Lipinski definition) is 6. The molecule has 2 aromatic rings. The Labute approximate surface area is 266 Å². The highest BCUT2D eigenvalue weighted by atomic mass is 32.2. The average Bonchev–Trinajstić information content (AvgIpc) is 3.10. The number of quaternary nitrogens is 1. The van der Waals surface area contributed by atoms with Gasteiger partial charge < -0.3 is 29.4 Å². The summed E-state index contributed by atoms with van der Waals surface area (Å²) in [5, 5.41) is 35.8. The lowest BCUT2D eigenvalue weighted by Crippen LogP contribution is -2.48. The van der Waals surface area contributed by atoms with Crippen molar-refractivity contribution in [2.24, 2.45) is 5.41 Å². The van der Waals surface area contributed by atoms with E-state index in [0.717, 1.165) is 72.1 Å². The summed E-state index contributed by atoms with van der Waals surface area (Å²) < 4.78 is 7.31.